The Morgan fingerprint density at radius 1 is 1.38 bits per heavy atom. The van der Waals surface area contributed by atoms with Gasteiger partial charge in [-0.3, -0.25) is 9.59 Å². The molecule has 2 N–H and O–H groups in total. The van der Waals surface area contributed by atoms with E-state index in [0.29, 0.717) is 19.3 Å². The second-order valence-electron chi connectivity index (χ2n) is 5.64. The first-order valence-corrected chi connectivity index (χ1v) is 7.74. The van der Waals surface area contributed by atoms with Crippen LogP contribution in [-0.2, 0) is 4.79 Å². The first kappa shape index (κ1) is 16.4. The van der Waals surface area contributed by atoms with Crippen LogP contribution in [0.4, 0.5) is 4.39 Å². The minimum Gasteiger partial charge on any atom is -0.481 e. The number of aliphatic carboxylic acids is 1. The molecule has 1 saturated carbocycles. The molecule has 1 aromatic carbocycles. The van der Waals surface area contributed by atoms with Crippen molar-refractivity contribution in [2.75, 3.05) is 0 Å². The van der Waals surface area contributed by atoms with Crippen molar-refractivity contribution in [2.24, 2.45) is 5.92 Å². The number of halogens is 2. The van der Waals surface area contributed by atoms with Crippen molar-refractivity contribution in [3.8, 4) is 5.69 Å². The Hall–Kier alpha value is -2.48. The molecule has 1 aliphatic carbocycles. The van der Waals surface area contributed by atoms with Gasteiger partial charge in [0.2, 0.25) is 0 Å². The lowest BCUT2D eigenvalue weighted by Gasteiger charge is -2.10. The van der Waals surface area contributed by atoms with Gasteiger partial charge in [0.15, 0.2) is 11.5 Å². The molecule has 0 radical (unpaired) electrons. The molecule has 3 rings (SSSR count). The number of hydrogen-bond donors (Lipinski definition) is 2. The molecule has 126 valence electrons. The number of rotatable bonds is 4. The van der Waals surface area contributed by atoms with E-state index in [1.54, 1.807) is 6.07 Å². The minimum atomic E-state index is -0.853. The van der Waals surface area contributed by atoms with E-state index in [4.69, 9.17) is 16.7 Å². The summed E-state index contributed by atoms with van der Waals surface area (Å²) < 4.78 is 15.1. The molecule has 24 heavy (non-hydrogen) atoms. The fourth-order valence-corrected chi connectivity index (χ4v) is 2.92. The summed E-state index contributed by atoms with van der Waals surface area (Å²) in [6, 6.07) is 4.22. The quantitative estimate of drug-likeness (QED) is 0.877. The SMILES string of the molecule is O=C(N[C@H]1CC[C@@H](C(=O)O)C1)c1cn(-c2cccc(Cl)c2F)nn1. The highest BCUT2D eigenvalue weighted by molar-refractivity contribution is 6.30. The van der Waals surface area contributed by atoms with Crippen LogP contribution >= 0.6 is 11.6 Å². The van der Waals surface area contributed by atoms with Crippen LogP contribution in [0.5, 0.6) is 0 Å². The maximum Gasteiger partial charge on any atom is 0.306 e. The number of benzene rings is 1. The van der Waals surface area contributed by atoms with E-state index in [2.05, 4.69) is 15.6 Å². The average molecular weight is 353 g/mol. The topological polar surface area (TPSA) is 97.1 Å². The van der Waals surface area contributed by atoms with Crippen LogP contribution in [0.3, 0.4) is 0 Å². The van der Waals surface area contributed by atoms with Gasteiger partial charge in [0.1, 0.15) is 5.69 Å². The maximum atomic E-state index is 14.0. The van der Waals surface area contributed by atoms with E-state index in [0.717, 1.165) is 4.68 Å². The molecule has 2 atom stereocenters. The number of carbonyl (C=O) groups is 2. The highest BCUT2D eigenvalue weighted by Crippen LogP contribution is 2.26. The van der Waals surface area contributed by atoms with Gasteiger partial charge in [-0.1, -0.05) is 22.9 Å². The van der Waals surface area contributed by atoms with E-state index in [9.17, 15) is 14.0 Å². The number of carboxylic acid groups (broad SMARTS) is 1. The van der Waals surface area contributed by atoms with Crippen LogP contribution in [0.1, 0.15) is 29.8 Å². The summed E-state index contributed by atoms with van der Waals surface area (Å²) in [6.45, 7) is 0. The van der Waals surface area contributed by atoms with Gasteiger partial charge in [-0.2, -0.15) is 0 Å². The molecule has 0 aliphatic heterocycles. The lowest BCUT2D eigenvalue weighted by atomic mass is 10.1. The highest BCUT2D eigenvalue weighted by Gasteiger charge is 2.31. The molecule has 1 aliphatic rings. The third-order valence-electron chi connectivity index (χ3n) is 4.02. The Morgan fingerprint density at radius 3 is 2.88 bits per heavy atom. The lowest BCUT2D eigenvalue weighted by Crippen LogP contribution is -2.33. The second-order valence-corrected chi connectivity index (χ2v) is 6.05. The number of carbonyl (C=O) groups excluding carboxylic acids is 1. The van der Waals surface area contributed by atoms with E-state index in [-0.39, 0.29) is 22.4 Å². The van der Waals surface area contributed by atoms with Crippen LogP contribution in [0.25, 0.3) is 5.69 Å². The third kappa shape index (κ3) is 3.23. The summed E-state index contributed by atoms with van der Waals surface area (Å²) in [5.74, 6) is -2.42. The molecule has 9 heteroatoms. The molecule has 1 amide bonds. The van der Waals surface area contributed by atoms with Gasteiger partial charge < -0.3 is 10.4 Å². The van der Waals surface area contributed by atoms with E-state index >= 15 is 0 Å². The van der Waals surface area contributed by atoms with Gasteiger partial charge >= 0.3 is 5.97 Å². The molecular weight excluding hydrogens is 339 g/mol. The highest BCUT2D eigenvalue weighted by atomic mass is 35.5. The summed E-state index contributed by atoms with van der Waals surface area (Å²) in [5.41, 5.74) is 0.106. The Bertz CT molecular complexity index is 795. The zero-order chi connectivity index (χ0) is 17.3. The molecule has 2 aromatic rings. The van der Waals surface area contributed by atoms with Crippen molar-refractivity contribution in [3.63, 3.8) is 0 Å². The Morgan fingerprint density at radius 2 is 2.17 bits per heavy atom. The van der Waals surface area contributed by atoms with Gasteiger partial charge in [0.25, 0.3) is 5.91 Å². The average Bonchev–Trinajstić information content (AvgIpc) is 3.19. The van der Waals surface area contributed by atoms with Gasteiger partial charge in [-0.05, 0) is 31.4 Å². The maximum absolute atomic E-state index is 14.0. The van der Waals surface area contributed by atoms with Crippen LogP contribution in [0.15, 0.2) is 24.4 Å². The van der Waals surface area contributed by atoms with Crippen molar-refractivity contribution in [1.29, 1.82) is 0 Å². The van der Waals surface area contributed by atoms with Crippen molar-refractivity contribution < 1.29 is 19.1 Å². The standard InChI is InChI=1S/C15H14ClFN4O3/c16-10-2-1-3-12(13(10)17)21-7-11(19-20-21)14(22)18-9-5-4-8(6-9)15(23)24/h1-3,7-9H,4-6H2,(H,18,22)(H,23,24)/t8-,9+/m1/s1. The lowest BCUT2D eigenvalue weighted by molar-refractivity contribution is -0.141. The molecule has 7 nitrogen and oxygen atoms in total. The summed E-state index contributed by atoms with van der Waals surface area (Å²) >= 11 is 5.72. The summed E-state index contributed by atoms with van der Waals surface area (Å²) in [4.78, 5) is 23.1. The summed E-state index contributed by atoms with van der Waals surface area (Å²) in [7, 11) is 0. The monoisotopic (exact) mass is 352 g/mol. The first-order chi connectivity index (χ1) is 11.5. The molecule has 1 fully saturated rings. The molecule has 1 aromatic heterocycles. The first-order valence-electron chi connectivity index (χ1n) is 7.36. The summed E-state index contributed by atoms with van der Waals surface area (Å²) in [5, 5.41) is 19.1. The van der Waals surface area contributed by atoms with Crippen LogP contribution < -0.4 is 5.32 Å². The summed E-state index contributed by atoms with van der Waals surface area (Å²) in [6.07, 6.45) is 2.81. The van der Waals surface area contributed by atoms with Gasteiger partial charge in [-0.25, -0.2) is 9.07 Å². The van der Waals surface area contributed by atoms with Crippen LogP contribution in [0, 0.1) is 11.7 Å². The number of amides is 1. The molecule has 0 bridgehead atoms. The Labute approximate surface area is 141 Å². The molecule has 1 heterocycles. The van der Waals surface area contributed by atoms with E-state index in [1.807, 2.05) is 0 Å². The van der Waals surface area contributed by atoms with Crippen molar-refractivity contribution in [2.45, 2.75) is 25.3 Å². The number of carboxylic acids is 1. The molecular formula is C15H14ClFN4O3. The zero-order valence-corrected chi connectivity index (χ0v) is 13.2. The molecule has 0 saturated heterocycles. The fourth-order valence-electron chi connectivity index (χ4n) is 2.75. The van der Waals surface area contributed by atoms with E-state index < -0.39 is 23.6 Å². The fraction of sp³-hybridized carbons (Fsp3) is 0.333. The minimum absolute atomic E-state index is 0.0214. The number of hydrogen-bond acceptors (Lipinski definition) is 4. The Balaban J connectivity index is 1.70. The van der Waals surface area contributed by atoms with Crippen molar-refractivity contribution in [1.82, 2.24) is 20.3 Å². The van der Waals surface area contributed by atoms with Gasteiger partial charge in [-0.15, -0.1) is 5.10 Å². The van der Waals surface area contributed by atoms with Crippen molar-refractivity contribution >= 4 is 23.5 Å². The third-order valence-corrected chi connectivity index (χ3v) is 4.31. The van der Waals surface area contributed by atoms with Gasteiger partial charge in [0.05, 0.1) is 17.1 Å². The predicted octanol–water partition coefficient (Wildman–Crippen LogP) is 2.04. The second kappa shape index (κ2) is 6.56. The smallest absolute Gasteiger partial charge is 0.306 e. The number of nitrogens with one attached hydrogen (secondary N) is 1. The Kier molecular flexibility index (Phi) is 4.48. The molecule has 0 unspecified atom stereocenters. The normalized spacial score (nSPS) is 20.1. The molecule has 0 spiro atoms. The van der Waals surface area contributed by atoms with E-state index in [1.165, 1.54) is 18.3 Å². The largest absolute Gasteiger partial charge is 0.481 e. The van der Waals surface area contributed by atoms with Crippen LogP contribution in [0.2, 0.25) is 5.02 Å². The number of aromatic nitrogens is 3. The zero-order valence-electron chi connectivity index (χ0n) is 12.4. The number of nitrogens with zero attached hydrogens (tertiary/aromatic N) is 3. The van der Waals surface area contributed by atoms with Crippen molar-refractivity contribution in [3.05, 3.63) is 40.9 Å². The predicted molar refractivity (Wildman–Crippen MR) is 82.6 cm³/mol. The van der Waals surface area contributed by atoms with Crippen LogP contribution in [-0.4, -0.2) is 38.0 Å². The van der Waals surface area contributed by atoms with Gasteiger partial charge in [0, 0.05) is 6.04 Å².